The van der Waals surface area contributed by atoms with Gasteiger partial charge in [-0.2, -0.15) is 0 Å². The van der Waals surface area contributed by atoms with E-state index in [1.54, 1.807) is 7.11 Å². The number of para-hydroxylation sites is 1. The highest BCUT2D eigenvalue weighted by molar-refractivity contribution is 6.20. The van der Waals surface area contributed by atoms with Crippen LogP contribution in [0.3, 0.4) is 0 Å². The number of ether oxygens (including phenoxy) is 2. The van der Waals surface area contributed by atoms with Crippen molar-refractivity contribution < 1.29 is 13.9 Å². The SMILES string of the molecule is COc1cc(Oc2ccccc2)cc2c3c(oc12)CC(Cl)NC3. The van der Waals surface area contributed by atoms with Crippen molar-refractivity contribution in [3.63, 3.8) is 0 Å². The summed E-state index contributed by atoms with van der Waals surface area (Å²) in [7, 11) is 1.63. The highest BCUT2D eigenvalue weighted by Gasteiger charge is 2.24. The summed E-state index contributed by atoms with van der Waals surface area (Å²) in [5, 5.41) is 4.25. The number of methoxy groups -OCH3 is 1. The van der Waals surface area contributed by atoms with Crippen molar-refractivity contribution in [1.82, 2.24) is 5.32 Å². The Morgan fingerprint density at radius 2 is 2.00 bits per heavy atom. The fraction of sp³-hybridized carbons (Fsp3) is 0.222. The maximum Gasteiger partial charge on any atom is 0.176 e. The summed E-state index contributed by atoms with van der Waals surface area (Å²) >= 11 is 6.16. The van der Waals surface area contributed by atoms with Gasteiger partial charge >= 0.3 is 0 Å². The van der Waals surface area contributed by atoms with Gasteiger partial charge in [-0.1, -0.05) is 18.2 Å². The Hall–Kier alpha value is -2.17. The largest absolute Gasteiger partial charge is 0.493 e. The summed E-state index contributed by atoms with van der Waals surface area (Å²) in [5.74, 6) is 3.07. The molecule has 3 aromatic rings. The number of hydrogen-bond acceptors (Lipinski definition) is 4. The van der Waals surface area contributed by atoms with Gasteiger partial charge in [-0.25, -0.2) is 0 Å². The molecule has 1 atom stereocenters. The van der Waals surface area contributed by atoms with Gasteiger partial charge in [0.05, 0.1) is 12.6 Å². The van der Waals surface area contributed by atoms with E-state index in [0.717, 1.165) is 33.8 Å². The van der Waals surface area contributed by atoms with Gasteiger partial charge in [0, 0.05) is 30.0 Å². The lowest BCUT2D eigenvalue weighted by molar-refractivity contribution is 0.400. The minimum atomic E-state index is -0.103. The van der Waals surface area contributed by atoms with E-state index in [1.807, 2.05) is 42.5 Å². The summed E-state index contributed by atoms with van der Waals surface area (Å²) in [6.45, 7) is 0.675. The van der Waals surface area contributed by atoms with E-state index in [9.17, 15) is 0 Å². The molecule has 0 saturated heterocycles. The third kappa shape index (κ3) is 2.64. The van der Waals surface area contributed by atoms with E-state index in [4.69, 9.17) is 25.5 Å². The maximum atomic E-state index is 6.16. The molecular formula is C18H16ClNO3. The molecule has 0 bridgehead atoms. The van der Waals surface area contributed by atoms with E-state index >= 15 is 0 Å². The van der Waals surface area contributed by atoms with Gasteiger partial charge in [-0.3, -0.25) is 5.32 Å². The molecule has 23 heavy (non-hydrogen) atoms. The van der Waals surface area contributed by atoms with Crippen molar-refractivity contribution in [3.05, 3.63) is 53.8 Å². The van der Waals surface area contributed by atoms with Crippen LogP contribution in [0.15, 0.2) is 46.9 Å². The van der Waals surface area contributed by atoms with Crippen LogP contribution in [-0.2, 0) is 13.0 Å². The quantitative estimate of drug-likeness (QED) is 0.569. The number of hydrogen-bond donors (Lipinski definition) is 1. The molecule has 0 spiro atoms. The van der Waals surface area contributed by atoms with Crippen LogP contribution in [0.5, 0.6) is 17.2 Å². The molecule has 0 aliphatic carbocycles. The Bertz CT molecular complexity index is 844. The molecule has 1 aromatic heterocycles. The molecule has 2 heterocycles. The van der Waals surface area contributed by atoms with Crippen molar-refractivity contribution in [2.24, 2.45) is 0 Å². The molecule has 1 aliphatic heterocycles. The second-order valence-corrected chi connectivity index (χ2v) is 6.00. The first-order valence-corrected chi connectivity index (χ1v) is 7.91. The van der Waals surface area contributed by atoms with E-state index in [-0.39, 0.29) is 5.50 Å². The summed E-state index contributed by atoms with van der Waals surface area (Å²) in [6, 6.07) is 13.5. The summed E-state index contributed by atoms with van der Waals surface area (Å²) in [4.78, 5) is 0. The first-order chi connectivity index (χ1) is 11.2. The lowest BCUT2D eigenvalue weighted by atomic mass is 10.1. The van der Waals surface area contributed by atoms with Gasteiger partial charge in [0.25, 0.3) is 0 Å². The average molecular weight is 330 g/mol. The summed E-state index contributed by atoms with van der Waals surface area (Å²) in [5.41, 5.74) is 1.76. The maximum absolute atomic E-state index is 6.16. The van der Waals surface area contributed by atoms with Crippen molar-refractivity contribution in [2.75, 3.05) is 7.11 Å². The second kappa shape index (κ2) is 5.80. The first kappa shape index (κ1) is 14.4. The fourth-order valence-electron chi connectivity index (χ4n) is 2.88. The van der Waals surface area contributed by atoms with Crippen LogP contribution < -0.4 is 14.8 Å². The predicted octanol–water partition coefficient (Wildman–Crippen LogP) is 4.44. The third-order valence-corrected chi connectivity index (χ3v) is 4.29. The van der Waals surface area contributed by atoms with E-state index in [2.05, 4.69) is 5.32 Å². The molecular weight excluding hydrogens is 314 g/mol. The van der Waals surface area contributed by atoms with Crippen LogP contribution >= 0.6 is 11.6 Å². The van der Waals surface area contributed by atoms with Crippen LogP contribution in [0.4, 0.5) is 0 Å². The minimum absolute atomic E-state index is 0.103. The molecule has 118 valence electrons. The van der Waals surface area contributed by atoms with Gasteiger partial charge in [-0.05, 0) is 18.2 Å². The van der Waals surface area contributed by atoms with Crippen molar-refractivity contribution in [1.29, 1.82) is 0 Å². The molecule has 4 nitrogen and oxygen atoms in total. The Morgan fingerprint density at radius 1 is 1.17 bits per heavy atom. The molecule has 4 rings (SSSR count). The molecule has 0 saturated carbocycles. The Kier molecular flexibility index (Phi) is 3.63. The van der Waals surface area contributed by atoms with Gasteiger partial charge < -0.3 is 13.9 Å². The smallest absolute Gasteiger partial charge is 0.176 e. The highest BCUT2D eigenvalue weighted by Crippen LogP contribution is 2.39. The summed E-state index contributed by atoms with van der Waals surface area (Å²) in [6.07, 6.45) is 0.656. The van der Waals surface area contributed by atoms with Crippen LogP contribution in [0.1, 0.15) is 11.3 Å². The zero-order chi connectivity index (χ0) is 15.8. The number of fused-ring (bicyclic) bond motifs is 3. The Labute approximate surface area is 138 Å². The zero-order valence-electron chi connectivity index (χ0n) is 12.6. The molecule has 0 fully saturated rings. The van der Waals surface area contributed by atoms with Gasteiger partial charge in [0.2, 0.25) is 0 Å². The number of benzene rings is 2. The average Bonchev–Trinajstić information content (AvgIpc) is 2.92. The third-order valence-electron chi connectivity index (χ3n) is 3.98. The lowest BCUT2D eigenvalue weighted by Crippen LogP contribution is -2.30. The topological polar surface area (TPSA) is 43.6 Å². The van der Waals surface area contributed by atoms with Crippen LogP contribution in [0, 0.1) is 0 Å². The molecule has 1 unspecified atom stereocenters. The number of furan rings is 1. The number of nitrogens with one attached hydrogen (secondary N) is 1. The van der Waals surface area contributed by atoms with Crippen molar-refractivity contribution >= 4 is 22.6 Å². The fourth-order valence-corrected chi connectivity index (χ4v) is 3.10. The normalized spacial score (nSPS) is 17.0. The van der Waals surface area contributed by atoms with Gasteiger partial charge in [-0.15, -0.1) is 11.6 Å². The minimum Gasteiger partial charge on any atom is -0.493 e. The van der Waals surface area contributed by atoms with Crippen molar-refractivity contribution in [2.45, 2.75) is 18.5 Å². The summed E-state index contributed by atoms with van der Waals surface area (Å²) < 4.78 is 17.4. The van der Waals surface area contributed by atoms with Crippen molar-refractivity contribution in [3.8, 4) is 17.2 Å². The predicted molar refractivity (Wildman–Crippen MR) is 89.5 cm³/mol. The Morgan fingerprint density at radius 3 is 2.78 bits per heavy atom. The molecule has 1 N–H and O–H groups in total. The second-order valence-electron chi connectivity index (χ2n) is 5.47. The van der Waals surface area contributed by atoms with Crippen LogP contribution in [-0.4, -0.2) is 12.6 Å². The van der Waals surface area contributed by atoms with E-state index in [1.165, 1.54) is 0 Å². The van der Waals surface area contributed by atoms with E-state index < -0.39 is 0 Å². The molecule has 5 heteroatoms. The molecule has 2 aromatic carbocycles. The molecule has 1 aliphatic rings. The first-order valence-electron chi connectivity index (χ1n) is 7.47. The Balaban J connectivity index is 1.81. The number of halogens is 1. The number of rotatable bonds is 3. The van der Waals surface area contributed by atoms with Gasteiger partial charge in [0.1, 0.15) is 17.3 Å². The molecule has 0 amide bonds. The van der Waals surface area contributed by atoms with Gasteiger partial charge in [0.15, 0.2) is 11.3 Å². The lowest BCUT2D eigenvalue weighted by Gasteiger charge is -2.16. The zero-order valence-corrected chi connectivity index (χ0v) is 13.4. The highest BCUT2D eigenvalue weighted by atomic mass is 35.5. The standard InChI is InChI=1S/C18H16ClNO3/c1-21-16-8-12(22-11-5-3-2-4-6-11)7-13-14-10-20-17(19)9-15(14)23-18(13)16/h2-8,17,20H,9-10H2,1H3. The number of alkyl halides is 1. The van der Waals surface area contributed by atoms with Crippen LogP contribution in [0.2, 0.25) is 0 Å². The monoisotopic (exact) mass is 329 g/mol. The van der Waals surface area contributed by atoms with E-state index in [0.29, 0.717) is 18.7 Å². The molecule has 0 radical (unpaired) electrons. The van der Waals surface area contributed by atoms with Crippen LogP contribution in [0.25, 0.3) is 11.0 Å².